The molecule has 0 spiro atoms. The number of aromatic nitrogens is 1. The quantitative estimate of drug-likeness (QED) is 0.860. The van der Waals surface area contributed by atoms with Crippen molar-refractivity contribution in [1.29, 1.82) is 0 Å². The number of rotatable bonds is 3. The third kappa shape index (κ3) is 2.10. The zero-order valence-electron chi connectivity index (χ0n) is 10.7. The van der Waals surface area contributed by atoms with Crippen molar-refractivity contribution in [2.45, 2.75) is 13.3 Å². The highest BCUT2D eigenvalue weighted by Crippen LogP contribution is 2.31. The summed E-state index contributed by atoms with van der Waals surface area (Å²) in [6.45, 7) is 2.90. The Morgan fingerprint density at radius 2 is 2.32 bits per heavy atom. The van der Waals surface area contributed by atoms with E-state index in [2.05, 4.69) is 11.1 Å². The van der Waals surface area contributed by atoms with Crippen LogP contribution in [-0.2, 0) is 11.2 Å². The Kier molecular flexibility index (Phi) is 2.99. The number of hydrogen-bond acceptors (Lipinski definition) is 3. The zero-order valence-corrected chi connectivity index (χ0v) is 10.7. The van der Waals surface area contributed by atoms with E-state index in [0.29, 0.717) is 12.3 Å². The van der Waals surface area contributed by atoms with Gasteiger partial charge in [-0.05, 0) is 36.2 Å². The molecule has 4 nitrogen and oxygen atoms in total. The number of aromatic amines is 1. The van der Waals surface area contributed by atoms with Crippen molar-refractivity contribution in [3.05, 3.63) is 41.7 Å². The zero-order chi connectivity index (χ0) is 13.2. The number of ether oxygens (including phenoxy) is 2. The highest BCUT2D eigenvalue weighted by Gasteiger charge is 2.18. The van der Waals surface area contributed by atoms with E-state index >= 15 is 0 Å². The molecule has 1 N–H and O–H groups in total. The number of esters is 1. The van der Waals surface area contributed by atoms with E-state index in [-0.39, 0.29) is 5.97 Å². The summed E-state index contributed by atoms with van der Waals surface area (Å²) in [7, 11) is 0. The van der Waals surface area contributed by atoms with Gasteiger partial charge in [-0.15, -0.1) is 0 Å². The molecule has 2 aromatic rings. The van der Waals surface area contributed by atoms with Crippen LogP contribution in [0, 0.1) is 0 Å². The highest BCUT2D eigenvalue weighted by atomic mass is 16.5. The van der Waals surface area contributed by atoms with E-state index in [4.69, 9.17) is 9.47 Å². The summed E-state index contributed by atoms with van der Waals surface area (Å²) in [5, 5.41) is 0. The Morgan fingerprint density at radius 3 is 3.16 bits per heavy atom. The summed E-state index contributed by atoms with van der Waals surface area (Å²) in [5.74, 6) is 0.621. The molecule has 1 aliphatic heterocycles. The van der Waals surface area contributed by atoms with E-state index in [0.717, 1.165) is 29.9 Å². The number of carbonyl (C=O) groups is 1. The van der Waals surface area contributed by atoms with Crippen molar-refractivity contribution in [2.75, 3.05) is 13.2 Å². The van der Waals surface area contributed by atoms with Gasteiger partial charge < -0.3 is 14.5 Å². The van der Waals surface area contributed by atoms with Crippen molar-refractivity contribution < 1.29 is 14.3 Å². The molecule has 0 aliphatic carbocycles. The third-order valence-electron chi connectivity index (χ3n) is 3.23. The molecule has 2 heterocycles. The average Bonchev–Trinajstić information content (AvgIpc) is 3.07. The van der Waals surface area contributed by atoms with Gasteiger partial charge in [-0.3, -0.25) is 0 Å². The molecule has 1 aromatic carbocycles. The molecule has 0 amide bonds. The van der Waals surface area contributed by atoms with Crippen LogP contribution in [0.4, 0.5) is 0 Å². The maximum absolute atomic E-state index is 11.9. The predicted octanol–water partition coefficient (Wildman–Crippen LogP) is 2.79. The summed E-state index contributed by atoms with van der Waals surface area (Å²) in [6.07, 6.45) is 2.67. The van der Waals surface area contributed by atoms with Gasteiger partial charge in [0.25, 0.3) is 0 Å². The Bertz CT molecular complexity index is 616. The summed E-state index contributed by atoms with van der Waals surface area (Å²) >= 11 is 0. The molecular weight excluding hydrogens is 242 g/mol. The van der Waals surface area contributed by atoms with Gasteiger partial charge >= 0.3 is 5.97 Å². The molecule has 1 aliphatic rings. The SMILES string of the molecule is CCOC(=O)c1[nH]ccc1-c1ccc2c(c1)CCO2. The lowest BCUT2D eigenvalue weighted by Crippen LogP contribution is -2.06. The van der Waals surface area contributed by atoms with Crippen molar-refractivity contribution in [3.8, 4) is 16.9 Å². The van der Waals surface area contributed by atoms with Crippen LogP contribution >= 0.6 is 0 Å². The molecular formula is C15H15NO3. The van der Waals surface area contributed by atoms with Crippen LogP contribution in [0.2, 0.25) is 0 Å². The van der Waals surface area contributed by atoms with Gasteiger partial charge in [0.1, 0.15) is 11.4 Å². The van der Waals surface area contributed by atoms with Crippen molar-refractivity contribution in [1.82, 2.24) is 4.98 Å². The second kappa shape index (κ2) is 4.80. The highest BCUT2D eigenvalue weighted by molar-refractivity contribution is 5.95. The molecule has 0 bridgehead atoms. The first-order valence-electron chi connectivity index (χ1n) is 6.40. The lowest BCUT2D eigenvalue weighted by atomic mass is 10.0. The van der Waals surface area contributed by atoms with Crippen LogP contribution in [0.15, 0.2) is 30.5 Å². The van der Waals surface area contributed by atoms with Crippen molar-refractivity contribution in [2.24, 2.45) is 0 Å². The Balaban J connectivity index is 1.99. The summed E-state index contributed by atoms with van der Waals surface area (Å²) < 4.78 is 10.5. The minimum atomic E-state index is -0.320. The van der Waals surface area contributed by atoms with Gasteiger partial charge in [0.2, 0.25) is 0 Å². The standard InChI is InChI=1S/C15H15NO3/c1-2-18-15(17)14-12(5-7-16-14)10-3-4-13-11(9-10)6-8-19-13/h3-5,7,9,16H,2,6,8H2,1H3. The van der Waals surface area contributed by atoms with E-state index < -0.39 is 0 Å². The van der Waals surface area contributed by atoms with Crippen LogP contribution < -0.4 is 4.74 Å². The largest absolute Gasteiger partial charge is 0.493 e. The van der Waals surface area contributed by atoms with Crippen molar-refractivity contribution in [3.63, 3.8) is 0 Å². The fourth-order valence-corrected chi connectivity index (χ4v) is 2.34. The van der Waals surface area contributed by atoms with Crippen LogP contribution in [0.3, 0.4) is 0 Å². The molecule has 0 radical (unpaired) electrons. The summed E-state index contributed by atoms with van der Waals surface area (Å²) in [6, 6.07) is 7.90. The molecule has 98 valence electrons. The topological polar surface area (TPSA) is 51.3 Å². The minimum absolute atomic E-state index is 0.320. The van der Waals surface area contributed by atoms with Gasteiger partial charge in [0.15, 0.2) is 0 Å². The molecule has 4 heteroatoms. The van der Waals surface area contributed by atoms with Crippen LogP contribution in [0.5, 0.6) is 5.75 Å². The van der Waals surface area contributed by atoms with E-state index in [1.165, 1.54) is 5.56 Å². The molecule has 1 aromatic heterocycles. The van der Waals surface area contributed by atoms with Crippen LogP contribution in [-0.4, -0.2) is 24.2 Å². The number of benzene rings is 1. The normalized spacial score (nSPS) is 12.9. The van der Waals surface area contributed by atoms with Crippen LogP contribution in [0.25, 0.3) is 11.1 Å². The van der Waals surface area contributed by atoms with E-state index in [1.54, 1.807) is 13.1 Å². The third-order valence-corrected chi connectivity index (χ3v) is 3.23. The number of fused-ring (bicyclic) bond motifs is 1. The first kappa shape index (κ1) is 11.8. The number of H-pyrrole nitrogens is 1. The fourth-order valence-electron chi connectivity index (χ4n) is 2.34. The van der Waals surface area contributed by atoms with Gasteiger partial charge in [-0.1, -0.05) is 6.07 Å². The van der Waals surface area contributed by atoms with Gasteiger partial charge in [-0.2, -0.15) is 0 Å². The maximum Gasteiger partial charge on any atom is 0.355 e. The van der Waals surface area contributed by atoms with Gasteiger partial charge in [-0.25, -0.2) is 4.79 Å². The Morgan fingerprint density at radius 1 is 1.42 bits per heavy atom. The Labute approximate surface area is 111 Å². The van der Waals surface area contributed by atoms with Gasteiger partial charge in [0, 0.05) is 18.2 Å². The lowest BCUT2D eigenvalue weighted by Gasteiger charge is -2.06. The molecule has 0 unspecified atom stereocenters. The molecule has 0 fully saturated rings. The monoisotopic (exact) mass is 257 g/mol. The predicted molar refractivity (Wildman–Crippen MR) is 71.4 cm³/mol. The molecule has 0 saturated heterocycles. The summed E-state index contributed by atoms with van der Waals surface area (Å²) in [5.41, 5.74) is 3.57. The molecule has 19 heavy (non-hydrogen) atoms. The number of nitrogens with one attached hydrogen (secondary N) is 1. The van der Waals surface area contributed by atoms with E-state index in [9.17, 15) is 4.79 Å². The van der Waals surface area contributed by atoms with Crippen molar-refractivity contribution >= 4 is 5.97 Å². The molecule has 0 saturated carbocycles. The first-order valence-corrected chi connectivity index (χ1v) is 6.40. The Hall–Kier alpha value is -2.23. The lowest BCUT2D eigenvalue weighted by molar-refractivity contribution is 0.0521. The smallest absolute Gasteiger partial charge is 0.355 e. The maximum atomic E-state index is 11.9. The first-order chi connectivity index (χ1) is 9.29. The number of carbonyl (C=O) groups excluding carboxylic acids is 1. The van der Waals surface area contributed by atoms with Gasteiger partial charge in [0.05, 0.1) is 13.2 Å². The molecule has 0 atom stereocenters. The fraction of sp³-hybridized carbons (Fsp3) is 0.267. The second-order valence-electron chi connectivity index (χ2n) is 4.41. The summed E-state index contributed by atoms with van der Waals surface area (Å²) in [4.78, 5) is 14.8. The second-order valence-corrected chi connectivity index (χ2v) is 4.41. The number of hydrogen-bond donors (Lipinski definition) is 1. The minimum Gasteiger partial charge on any atom is -0.493 e. The molecule has 3 rings (SSSR count). The van der Waals surface area contributed by atoms with Crippen LogP contribution in [0.1, 0.15) is 23.0 Å². The average molecular weight is 257 g/mol. The van der Waals surface area contributed by atoms with E-state index in [1.807, 2.05) is 18.2 Å².